The molecule has 0 spiro atoms. The van der Waals surface area contributed by atoms with Gasteiger partial charge in [-0.1, -0.05) is 25.0 Å². The molecule has 4 rings (SSSR count). The Labute approximate surface area is 175 Å². The van der Waals surface area contributed by atoms with Gasteiger partial charge in [0.2, 0.25) is 5.91 Å². The minimum Gasteiger partial charge on any atom is -0.460 e. The predicted octanol–water partition coefficient (Wildman–Crippen LogP) is 4.99. The van der Waals surface area contributed by atoms with Gasteiger partial charge in [0.25, 0.3) is 0 Å². The van der Waals surface area contributed by atoms with E-state index in [2.05, 4.69) is 15.4 Å². The molecule has 1 aromatic heterocycles. The fourth-order valence-corrected chi connectivity index (χ4v) is 3.67. The average Bonchev–Trinajstić information content (AvgIpc) is 3.38. The van der Waals surface area contributed by atoms with E-state index in [1.165, 1.54) is 12.1 Å². The number of rotatable bonds is 6. The largest absolute Gasteiger partial charge is 0.460 e. The highest BCUT2D eigenvalue weighted by Gasteiger charge is 2.22. The molecule has 1 heterocycles. The fourth-order valence-electron chi connectivity index (χ4n) is 3.67. The summed E-state index contributed by atoms with van der Waals surface area (Å²) in [6.45, 7) is 3.79. The van der Waals surface area contributed by atoms with Gasteiger partial charge < -0.3 is 10.1 Å². The maximum absolute atomic E-state index is 13.8. The van der Waals surface area contributed by atoms with Crippen LogP contribution < -0.4 is 10.1 Å². The molecule has 0 unspecified atom stereocenters. The number of carbonyl (C=O) groups is 1. The molecule has 7 heteroatoms. The number of ether oxygens (including phenoxy) is 1. The van der Waals surface area contributed by atoms with Gasteiger partial charge in [0.15, 0.2) is 5.82 Å². The maximum Gasteiger partial charge on any atom is 0.336 e. The first-order valence-corrected chi connectivity index (χ1v) is 10.3. The summed E-state index contributed by atoms with van der Waals surface area (Å²) in [6.07, 6.45) is 4.06. The second-order valence-corrected chi connectivity index (χ2v) is 7.82. The van der Waals surface area contributed by atoms with Gasteiger partial charge in [0.1, 0.15) is 5.82 Å². The van der Waals surface area contributed by atoms with Crippen LogP contribution in [0.15, 0.2) is 48.5 Å². The lowest BCUT2D eigenvalue weighted by Gasteiger charge is -2.11. The minimum atomic E-state index is -0.349. The van der Waals surface area contributed by atoms with Crippen molar-refractivity contribution in [2.75, 3.05) is 5.32 Å². The van der Waals surface area contributed by atoms with Crippen molar-refractivity contribution >= 4 is 11.6 Å². The molecule has 0 saturated heterocycles. The van der Waals surface area contributed by atoms with Crippen molar-refractivity contribution in [2.24, 2.45) is 5.92 Å². The van der Waals surface area contributed by atoms with Crippen LogP contribution in [0.25, 0.3) is 17.1 Å². The number of hydrogen-bond donors (Lipinski definition) is 1. The van der Waals surface area contributed by atoms with E-state index in [0.717, 1.165) is 37.1 Å². The fraction of sp³-hybridized carbons (Fsp3) is 0.348. The van der Waals surface area contributed by atoms with Crippen LogP contribution in [-0.4, -0.2) is 26.8 Å². The number of benzene rings is 2. The SMILES string of the molecule is CC(C)Oc1nc(-c2cccc(F)c2)n(-c2ccc(NC(=O)C3CCCC3)cc2)n1. The van der Waals surface area contributed by atoms with Gasteiger partial charge in [-0.3, -0.25) is 4.79 Å². The highest BCUT2D eigenvalue weighted by molar-refractivity contribution is 5.92. The molecule has 3 aromatic rings. The Bertz CT molecular complexity index is 1020. The summed E-state index contributed by atoms with van der Waals surface area (Å²) in [6, 6.07) is 13.8. The van der Waals surface area contributed by atoms with Crippen molar-refractivity contribution in [3.05, 3.63) is 54.3 Å². The van der Waals surface area contributed by atoms with Gasteiger partial charge in [-0.15, -0.1) is 5.10 Å². The van der Waals surface area contributed by atoms with Crippen LogP contribution in [0.2, 0.25) is 0 Å². The van der Waals surface area contributed by atoms with E-state index in [-0.39, 0.29) is 29.8 Å². The third-order valence-corrected chi connectivity index (χ3v) is 5.12. The number of halogens is 1. The van der Waals surface area contributed by atoms with Gasteiger partial charge in [0, 0.05) is 17.2 Å². The molecule has 0 bridgehead atoms. The summed E-state index contributed by atoms with van der Waals surface area (Å²) in [5.41, 5.74) is 2.07. The number of aromatic nitrogens is 3. The Hall–Kier alpha value is -3.22. The van der Waals surface area contributed by atoms with Gasteiger partial charge in [-0.2, -0.15) is 4.98 Å². The monoisotopic (exact) mass is 408 g/mol. The molecule has 0 aliphatic heterocycles. The van der Waals surface area contributed by atoms with E-state index >= 15 is 0 Å². The summed E-state index contributed by atoms with van der Waals surface area (Å²) >= 11 is 0. The Morgan fingerprint density at radius 1 is 1.17 bits per heavy atom. The molecular weight excluding hydrogens is 383 g/mol. The van der Waals surface area contributed by atoms with Crippen LogP contribution in [0.5, 0.6) is 6.01 Å². The van der Waals surface area contributed by atoms with Crippen LogP contribution in [0.4, 0.5) is 10.1 Å². The standard InChI is InChI=1S/C23H25FN4O2/c1-15(2)30-23-26-21(17-8-5-9-18(24)14-17)28(27-23)20-12-10-19(11-13-20)25-22(29)16-6-3-4-7-16/h5,8-16H,3-4,6-7H2,1-2H3,(H,25,29). The van der Waals surface area contributed by atoms with Crippen LogP contribution in [-0.2, 0) is 4.79 Å². The van der Waals surface area contributed by atoms with Gasteiger partial charge in [0.05, 0.1) is 11.8 Å². The molecular formula is C23H25FN4O2. The molecule has 30 heavy (non-hydrogen) atoms. The smallest absolute Gasteiger partial charge is 0.336 e. The van der Waals surface area contributed by atoms with Crippen molar-refractivity contribution in [1.29, 1.82) is 0 Å². The van der Waals surface area contributed by atoms with Crippen molar-refractivity contribution in [2.45, 2.75) is 45.6 Å². The van der Waals surface area contributed by atoms with E-state index < -0.39 is 0 Å². The summed E-state index contributed by atoms with van der Waals surface area (Å²) in [7, 11) is 0. The number of carbonyl (C=O) groups excluding carboxylic acids is 1. The van der Waals surface area contributed by atoms with Crippen molar-refractivity contribution in [3.8, 4) is 23.1 Å². The minimum absolute atomic E-state index is 0.0778. The number of nitrogens with zero attached hydrogens (tertiary/aromatic N) is 3. The lowest BCUT2D eigenvalue weighted by molar-refractivity contribution is -0.119. The zero-order valence-electron chi connectivity index (χ0n) is 17.1. The molecule has 1 fully saturated rings. The van der Waals surface area contributed by atoms with Crippen molar-refractivity contribution in [1.82, 2.24) is 14.8 Å². The molecule has 1 amide bonds. The van der Waals surface area contributed by atoms with Gasteiger partial charge >= 0.3 is 6.01 Å². The highest BCUT2D eigenvalue weighted by Crippen LogP contribution is 2.27. The Morgan fingerprint density at radius 3 is 2.57 bits per heavy atom. The number of amides is 1. The van der Waals surface area contributed by atoms with Crippen LogP contribution in [0.1, 0.15) is 39.5 Å². The second kappa shape index (κ2) is 8.65. The lowest BCUT2D eigenvalue weighted by Crippen LogP contribution is -2.20. The molecule has 0 atom stereocenters. The topological polar surface area (TPSA) is 69.0 Å². The normalized spacial score (nSPS) is 14.3. The maximum atomic E-state index is 13.8. The third-order valence-electron chi connectivity index (χ3n) is 5.12. The highest BCUT2D eigenvalue weighted by atomic mass is 19.1. The predicted molar refractivity (Wildman–Crippen MR) is 113 cm³/mol. The van der Waals surface area contributed by atoms with Crippen LogP contribution in [0, 0.1) is 11.7 Å². The van der Waals surface area contributed by atoms with E-state index in [0.29, 0.717) is 11.4 Å². The Kier molecular flexibility index (Phi) is 5.79. The molecule has 1 saturated carbocycles. The molecule has 1 aliphatic rings. The zero-order chi connectivity index (χ0) is 21.1. The van der Waals surface area contributed by atoms with Crippen LogP contribution in [0.3, 0.4) is 0 Å². The lowest BCUT2D eigenvalue weighted by atomic mass is 10.1. The summed E-state index contributed by atoms with van der Waals surface area (Å²) in [5, 5.41) is 7.44. The first-order chi connectivity index (χ1) is 14.5. The Balaban J connectivity index is 1.62. The second-order valence-electron chi connectivity index (χ2n) is 7.82. The molecule has 6 nitrogen and oxygen atoms in total. The van der Waals surface area contributed by atoms with Crippen LogP contribution >= 0.6 is 0 Å². The quantitative estimate of drug-likeness (QED) is 0.624. The molecule has 2 aromatic carbocycles. The first kappa shape index (κ1) is 20.1. The zero-order valence-corrected chi connectivity index (χ0v) is 17.1. The number of nitrogens with one attached hydrogen (secondary N) is 1. The average molecular weight is 408 g/mol. The third kappa shape index (κ3) is 4.50. The summed E-state index contributed by atoms with van der Waals surface area (Å²) < 4.78 is 21.0. The van der Waals surface area contributed by atoms with Gasteiger partial charge in [-0.05, 0) is 63.1 Å². The van der Waals surface area contributed by atoms with Crippen molar-refractivity contribution < 1.29 is 13.9 Å². The summed E-state index contributed by atoms with van der Waals surface area (Å²) in [4.78, 5) is 16.8. The molecule has 1 N–H and O–H groups in total. The van der Waals surface area contributed by atoms with Crippen molar-refractivity contribution in [3.63, 3.8) is 0 Å². The summed E-state index contributed by atoms with van der Waals surface area (Å²) in [5.74, 6) is 0.315. The molecule has 156 valence electrons. The van der Waals surface area contributed by atoms with E-state index in [1.54, 1.807) is 16.8 Å². The van der Waals surface area contributed by atoms with E-state index in [9.17, 15) is 9.18 Å². The number of hydrogen-bond acceptors (Lipinski definition) is 4. The van der Waals surface area contributed by atoms with E-state index in [1.807, 2.05) is 38.1 Å². The van der Waals surface area contributed by atoms with Gasteiger partial charge in [-0.25, -0.2) is 9.07 Å². The first-order valence-electron chi connectivity index (χ1n) is 10.3. The number of anilines is 1. The molecule has 0 radical (unpaired) electrons. The van der Waals surface area contributed by atoms with E-state index in [4.69, 9.17) is 4.74 Å². The Morgan fingerprint density at radius 2 is 1.90 bits per heavy atom. The molecule has 1 aliphatic carbocycles.